The Morgan fingerprint density at radius 2 is 2.29 bits per heavy atom. The number of hydrogen-bond donors (Lipinski definition) is 1. The predicted octanol–water partition coefficient (Wildman–Crippen LogP) is 3.13. The number of alkyl halides is 1. The fourth-order valence-corrected chi connectivity index (χ4v) is 2.64. The SMILES string of the molecule is Cc1ncnc(NCC2CCCC(Cl)C2)c1F. The molecule has 0 aromatic carbocycles. The van der Waals surface area contributed by atoms with Gasteiger partial charge in [0, 0.05) is 11.9 Å². The average Bonchev–Trinajstić information content (AvgIpc) is 2.31. The van der Waals surface area contributed by atoms with Crippen molar-refractivity contribution in [3.8, 4) is 0 Å². The molecule has 17 heavy (non-hydrogen) atoms. The number of rotatable bonds is 3. The summed E-state index contributed by atoms with van der Waals surface area (Å²) in [5.74, 6) is 0.459. The number of nitrogens with zero attached hydrogens (tertiary/aromatic N) is 2. The van der Waals surface area contributed by atoms with Crippen LogP contribution in [-0.4, -0.2) is 21.9 Å². The minimum Gasteiger partial charge on any atom is -0.367 e. The maximum absolute atomic E-state index is 13.6. The highest BCUT2D eigenvalue weighted by atomic mass is 35.5. The van der Waals surface area contributed by atoms with Crippen molar-refractivity contribution in [2.75, 3.05) is 11.9 Å². The molecule has 0 radical (unpaired) electrons. The van der Waals surface area contributed by atoms with Crippen LogP contribution >= 0.6 is 11.6 Å². The van der Waals surface area contributed by atoms with Crippen LogP contribution in [0.25, 0.3) is 0 Å². The van der Waals surface area contributed by atoms with Crippen LogP contribution in [0.5, 0.6) is 0 Å². The highest BCUT2D eigenvalue weighted by molar-refractivity contribution is 6.20. The summed E-state index contributed by atoms with van der Waals surface area (Å²) in [6.45, 7) is 2.37. The molecule has 1 saturated carbocycles. The lowest BCUT2D eigenvalue weighted by atomic mass is 9.89. The number of aryl methyl sites for hydroxylation is 1. The minimum atomic E-state index is -0.356. The van der Waals surface area contributed by atoms with E-state index in [2.05, 4.69) is 15.3 Å². The molecule has 1 aliphatic carbocycles. The standard InChI is InChI=1S/C12H17ClFN3/c1-8-11(14)12(17-7-16-8)15-6-9-3-2-4-10(13)5-9/h7,9-10H,2-6H2,1H3,(H,15,16,17). The molecule has 1 heterocycles. The summed E-state index contributed by atoms with van der Waals surface area (Å²) in [6.07, 6.45) is 5.79. The van der Waals surface area contributed by atoms with Gasteiger partial charge in [0.2, 0.25) is 0 Å². The average molecular weight is 258 g/mol. The molecular weight excluding hydrogens is 241 g/mol. The van der Waals surface area contributed by atoms with Gasteiger partial charge in [0.15, 0.2) is 11.6 Å². The highest BCUT2D eigenvalue weighted by Crippen LogP contribution is 2.28. The van der Waals surface area contributed by atoms with Crippen LogP contribution in [0.4, 0.5) is 10.2 Å². The topological polar surface area (TPSA) is 37.8 Å². The van der Waals surface area contributed by atoms with Gasteiger partial charge in [-0.25, -0.2) is 14.4 Å². The Hall–Kier alpha value is -0.900. The molecule has 5 heteroatoms. The second-order valence-corrected chi connectivity index (χ2v) is 5.25. The Labute approximate surface area is 106 Å². The third-order valence-electron chi connectivity index (χ3n) is 3.24. The summed E-state index contributed by atoms with van der Waals surface area (Å²) in [4.78, 5) is 7.71. The molecule has 1 N–H and O–H groups in total. The highest BCUT2D eigenvalue weighted by Gasteiger charge is 2.20. The van der Waals surface area contributed by atoms with Crippen molar-refractivity contribution in [2.24, 2.45) is 5.92 Å². The third-order valence-corrected chi connectivity index (χ3v) is 3.64. The summed E-state index contributed by atoms with van der Waals surface area (Å²) in [7, 11) is 0. The van der Waals surface area contributed by atoms with Crippen molar-refractivity contribution in [3.63, 3.8) is 0 Å². The van der Waals surface area contributed by atoms with Crippen molar-refractivity contribution in [2.45, 2.75) is 38.0 Å². The monoisotopic (exact) mass is 257 g/mol. The second kappa shape index (κ2) is 5.63. The van der Waals surface area contributed by atoms with Crippen molar-refractivity contribution < 1.29 is 4.39 Å². The molecule has 94 valence electrons. The normalized spacial score (nSPS) is 24.6. The Bertz CT molecular complexity index is 386. The Morgan fingerprint density at radius 1 is 1.47 bits per heavy atom. The first-order valence-electron chi connectivity index (χ1n) is 6.02. The lowest BCUT2D eigenvalue weighted by Crippen LogP contribution is -2.23. The zero-order valence-electron chi connectivity index (χ0n) is 9.92. The van der Waals surface area contributed by atoms with Crippen LogP contribution in [0.1, 0.15) is 31.4 Å². The van der Waals surface area contributed by atoms with E-state index in [1.54, 1.807) is 6.92 Å². The van der Waals surface area contributed by atoms with Crippen molar-refractivity contribution >= 4 is 17.4 Å². The van der Waals surface area contributed by atoms with Crippen molar-refractivity contribution in [1.29, 1.82) is 0 Å². The molecule has 2 atom stereocenters. The van der Waals surface area contributed by atoms with Gasteiger partial charge in [-0.05, 0) is 32.1 Å². The van der Waals surface area contributed by atoms with Crippen LogP contribution < -0.4 is 5.32 Å². The largest absolute Gasteiger partial charge is 0.367 e. The van der Waals surface area contributed by atoms with E-state index in [4.69, 9.17) is 11.6 Å². The first kappa shape index (κ1) is 12.6. The predicted molar refractivity (Wildman–Crippen MR) is 66.8 cm³/mol. The van der Waals surface area contributed by atoms with Crippen molar-refractivity contribution in [1.82, 2.24) is 9.97 Å². The van der Waals surface area contributed by atoms with Gasteiger partial charge in [-0.1, -0.05) is 6.42 Å². The van der Waals surface area contributed by atoms with Gasteiger partial charge in [-0.3, -0.25) is 0 Å². The molecule has 1 fully saturated rings. The van der Waals surface area contributed by atoms with E-state index in [1.165, 1.54) is 6.33 Å². The summed E-state index contributed by atoms with van der Waals surface area (Å²) < 4.78 is 13.6. The molecule has 1 aromatic rings. The molecular formula is C12H17ClFN3. The zero-order chi connectivity index (χ0) is 12.3. The number of anilines is 1. The van der Waals surface area contributed by atoms with Crippen LogP contribution in [0, 0.1) is 18.7 Å². The lowest BCUT2D eigenvalue weighted by Gasteiger charge is -2.25. The fraction of sp³-hybridized carbons (Fsp3) is 0.667. The number of halogens is 2. The van der Waals surface area contributed by atoms with E-state index < -0.39 is 0 Å². The van der Waals surface area contributed by atoms with E-state index >= 15 is 0 Å². The molecule has 0 amide bonds. The van der Waals surface area contributed by atoms with Gasteiger partial charge in [0.05, 0.1) is 5.69 Å². The molecule has 1 aliphatic rings. The molecule has 2 unspecified atom stereocenters. The van der Waals surface area contributed by atoms with Gasteiger partial charge in [0.1, 0.15) is 6.33 Å². The molecule has 3 nitrogen and oxygen atoms in total. The summed E-state index contributed by atoms with van der Waals surface area (Å²) in [5.41, 5.74) is 0.376. The van der Waals surface area contributed by atoms with E-state index in [-0.39, 0.29) is 11.2 Å². The van der Waals surface area contributed by atoms with Crippen LogP contribution in [0.15, 0.2) is 6.33 Å². The van der Waals surface area contributed by atoms with Gasteiger partial charge in [-0.15, -0.1) is 11.6 Å². The number of hydrogen-bond acceptors (Lipinski definition) is 3. The van der Waals surface area contributed by atoms with Gasteiger partial charge in [-0.2, -0.15) is 0 Å². The summed E-state index contributed by atoms with van der Waals surface area (Å²) in [6, 6.07) is 0. The minimum absolute atomic E-state index is 0.271. The number of aromatic nitrogens is 2. The Balaban J connectivity index is 1.91. The quantitative estimate of drug-likeness (QED) is 0.846. The molecule has 0 aliphatic heterocycles. The molecule has 0 saturated heterocycles. The van der Waals surface area contributed by atoms with Crippen LogP contribution in [-0.2, 0) is 0 Å². The maximum atomic E-state index is 13.6. The van der Waals surface area contributed by atoms with Crippen molar-refractivity contribution in [3.05, 3.63) is 17.8 Å². The Kier molecular flexibility index (Phi) is 4.15. The Morgan fingerprint density at radius 3 is 3.06 bits per heavy atom. The van der Waals surface area contributed by atoms with Crippen LogP contribution in [0.3, 0.4) is 0 Å². The lowest BCUT2D eigenvalue weighted by molar-refractivity contribution is 0.378. The van der Waals surface area contributed by atoms with Gasteiger partial charge >= 0.3 is 0 Å². The number of nitrogens with one attached hydrogen (secondary N) is 1. The third kappa shape index (κ3) is 3.28. The first-order chi connectivity index (χ1) is 8.16. The van der Waals surface area contributed by atoms with Gasteiger partial charge < -0.3 is 5.32 Å². The van der Waals surface area contributed by atoms with E-state index in [1.807, 2.05) is 0 Å². The fourth-order valence-electron chi connectivity index (χ4n) is 2.23. The van der Waals surface area contributed by atoms with E-state index in [0.29, 0.717) is 17.4 Å². The summed E-state index contributed by atoms with van der Waals surface area (Å²) >= 11 is 6.12. The maximum Gasteiger partial charge on any atom is 0.186 e. The molecule has 0 bridgehead atoms. The first-order valence-corrected chi connectivity index (χ1v) is 6.45. The van der Waals surface area contributed by atoms with Gasteiger partial charge in [0.25, 0.3) is 0 Å². The second-order valence-electron chi connectivity index (χ2n) is 4.63. The van der Waals surface area contributed by atoms with E-state index in [0.717, 1.165) is 32.2 Å². The molecule has 2 rings (SSSR count). The smallest absolute Gasteiger partial charge is 0.186 e. The molecule has 0 spiro atoms. The summed E-state index contributed by atoms with van der Waals surface area (Å²) in [5, 5.41) is 3.33. The van der Waals surface area contributed by atoms with E-state index in [9.17, 15) is 4.39 Å². The zero-order valence-corrected chi connectivity index (χ0v) is 10.7. The van der Waals surface area contributed by atoms with Crippen LogP contribution in [0.2, 0.25) is 0 Å². The molecule has 1 aromatic heterocycles.